The molecule has 5 nitrogen and oxygen atoms in total. The molecule has 102 valence electrons. The van der Waals surface area contributed by atoms with Gasteiger partial charge in [0, 0.05) is 25.2 Å². The number of para-hydroxylation sites is 1. The lowest BCUT2D eigenvalue weighted by Crippen LogP contribution is -2.40. The summed E-state index contributed by atoms with van der Waals surface area (Å²) in [6.07, 6.45) is 2.44. The highest BCUT2D eigenvalue weighted by Crippen LogP contribution is 2.36. The fourth-order valence-electron chi connectivity index (χ4n) is 3.43. The van der Waals surface area contributed by atoms with E-state index in [4.69, 9.17) is 0 Å². The Bertz CT molecular complexity index is 489. The van der Waals surface area contributed by atoms with Crippen LogP contribution in [0.4, 0.5) is 11.4 Å². The van der Waals surface area contributed by atoms with Gasteiger partial charge in [-0.1, -0.05) is 12.1 Å². The molecule has 2 aliphatic rings. The minimum Gasteiger partial charge on any atom is -0.364 e. The second kappa shape index (κ2) is 4.81. The first kappa shape index (κ1) is 12.4. The molecule has 2 saturated heterocycles. The molecule has 0 aliphatic carbocycles. The fourth-order valence-corrected chi connectivity index (χ4v) is 3.43. The number of aryl methyl sites for hydroxylation is 1. The normalized spacial score (nSPS) is 26.3. The maximum atomic E-state index is 11.2. The lowest BCUT2D eigenvalue weighted by Gasteiger charge is -2.24. The van der Waals surface area contributed by atoms with Crippen molar-refractivity contribution in [2.24, 2.45) is 5.92 Å². The van der Waals surface area contributed by atoms with Crippen LogP contribution in [0, 0.1) is 23.0 Å². The molecule has 2 fully saturated rings. The van der Waals surface area contributed by atoms with Crippen LogP contribution in [-0.4, -0.2) is 30.6 Å². The third-order valence-corrected chi connectivity index (χ3v) is 4.33. The summed E-state index contributed by atoms with van der Waals surface area (Å²) in [4.78, 5) is 13.1. The van der Waals surface area contributed by atoms with Crippen LogP contribution in [0.15, 0.2) is 18.2 Å². The van der Waals surface area contributed by atoms with Gasteiger partial charge in [0.1, 0.15) is 5.69 Å². The first-order valence-corrected chi connectivity index (χ1v) is 6.89. The summed E-state index contributed by atoms with van der Waals surface area (Å²) in [6, 6.07) is 5.82. The lowest BCUT2D eigenvalue weighted by molar-refractivity contribution is -0.384. The number of nitro groups is 1. The number of anilines is 1. The Morgan fingerprint density at radius 2 is 2.26 bits per heavy atom. The van der Waals surface area contributed by atoms with Gasteiger partial charge in [0.15, 0.2) is 0 Å². The summed E-state index contributed by atoms with van der Waals surface area (Å²) in [5.74, 6) is 0.632. The van der Waals surface area contributed by atoms with Crippen LogP contribution >= 0.6 is 0 Å². The van der Waals surface area contributed by atoms with Crippen molar-refractivity contribution in [2.75, 3.05) is 24.5 Å². The zero-order chi connectivity index (χ0) is 13.4. The minimum absolute atomic E-state index is 0.235. The van der Waals surface area contributed by atoms with Gasteiger partial charge in [-0.2, -0.15) is 0 Å². The van der Waals surface area contributed by atoms with Crippen LogP contribution < -0.4 is 10.2 Å². The number of nitrogens with zero attached hydrogens (tertiary/aromatic N) is 2. The van der Waals surface area contributed by atoms with E-state index in [0.717, 1.165) is 30.9 Å². The van der Waals surface area contributed by atoms with Crippen LogP contribution in [0.2, 0.25) is 0 Å². The van der Waals surface area contributed by atoms with E-state index in [1.807, 2.05) is 13.0 Å². The molecule has 2 aliphatic heterocycles. The first-order chi connectivity index (χ1) is 9.16. The number of benzene rings is 1. The third-order valence-electron chi connectivity index (χ3n) is 4.33. The molecule has 19 heavy (non-hydrogen) atoms. The van der Waals surface area contributed by atoms with Crippen molar-refractivity contribution in [2.45, 2.75) is 25.8 Å². The SMILES string of the molecule is Cc1cccc([N+](=O)[O-])c1N1CC2CCCNC2C1. The van der Waals surface area contributed by atoms with Crippen LogP contribution in [0.5, 0.6) is 0 Å². The van der Waals surface area contributed by atoms with Gasteiger partial charge in [-0.15, -0.1) is 0 Å². The van der Waals surface area contributed by atoms with Gasteiger partial charge in [-0.25, -0.2) is 0 Å². The Morgan fingerprint density at radius 1 is 1.42 bits per heavy atom. The monoisotopic (exact) mass is 261 g/mol. The Balaban J connectivity index is 1.92. The quantitative estimate of drug-likeness (QED) is 0.654. The average molecular weight is 261 g/mol. The molecule has 0 amide bonds. The fraction of sp³-hybridized carbons (Fsp3) is 0.571. The zero-order valence-electron chi connectivity index (χ0n) is 11.1. The topological polar surface area (TPSA) is 58.4 Å². The van der Waals surface area contributed by atoms with E-state index < -0.39 is 0 Å². The maximum Gasteiger partial charge on any atom is 0.292 e. The second-order valence-corrected chi connectivity index (χ2v) is 5.57. The van der Waals surface area contributed by atoms with E-state index in [-0.39, 0.29) is 10.6 Å². The average Bonchev–Trinajstić information content (AvgIpc) is 2.81. The van der Waals surface area contributed by atoms with E-state index in [2.05, 4.69) is 10.2 Å². The number of nitrogens with one attached hydrogen (secondary N) is 1. The molecule has 5 heteroatoms. The number of hydrogen-bond donors (Lipinski definition) is 1. The summed E-state index contributed by atoms with van der Waals surface area (Å²) >= 11 is 0. The highest BCUT2D eigenvalue weighted by Gasteiger charge is 2.36. The summed E-state index contributed by atoms with van der Waals surface area (Å²) in [5.41, 5.74) is 2.04. The van der Waals surface area contributed by atoms with Gasteiger partial charge in [-0.05, 0) is 37.8 Å². The summed E-state index contributed by atoms with van der Waals surface area (Å²) < 4.78 is 0. The standard InChI is InChI=1S/C14H19N3O2/c1-10-4-2-6-13(17(18)19)14(10)16-8-11-5-3-7-15-12(11)9-16/h2,4,6,11-12,15H,3,5,7-9H2,1H3. The summed E-state index contributed by atoms with van der Waals surface area (Å²) in [6.45, 7) is 4.85. The van der Waals surface area contributed by atoms with E-state index in [0.29, 0.717) is 12.0 Å². The molecule has 0 spiro atoms. The zero-order valence-corrected chi connectivity index (χ0v) is 11.1. The van der Waals surface area contributed by atoms with Crippen LogP contribution in [-0.2, 0) is 0 Å². The number of piperidine rings is 1. The van der Waals surface area contributed by atoms with Gasteiger partial charge < -0.3 is 10.2 Å². The highest BCUT2D eigenvalue weighted by atomic mass is 16.6. The molecule has 1 aromatic rings. The van der Waals surface area contributed by atoms with Crippen molar-refractivity contribution in [1.82, 2.24) is 5.32 Å². The highest BCUT2D eigenvalue weighted by molar-refractivity contribution is 5.68. The number of nitro benzene ring substituents is 1. The largest absolute Gasteiger partial charge is 0.364 e. The molecule has 3 rings (SSSR count). The Morgan fingerprint density at radius 3 is 3.00 bits per heavy atom. The van der Waals surface area contributed by atoms with Crippen molar-refractivity contribution in [3.05, 3.63) is 33.9 Å². The smallest absolute Gasteiger partial charge is 0.292 e. The van der Waals surface area contributed by atoms with Crippen LogP contribution in [0.25, 0.3) is 0 Å². The minimum atomic E-state index is -0.266. The van der Waals surface area contributed by atoms with Gasteiger partial charge >= 0.3 is 0 Å². The van der Waals surface area contributed by atoms with E-state index in [1.165, 1.54) is 12.8 Å². The molecule has 2 atom stereocenters. The maximum absolute atomic E-state index is 11.2. The molecular formula is C14H19N3O2. The molecule has 2 heterocycles. The first-order valence-electron chi connectivity index (χ1n) is 6.89. The Kier molecular flexibility index (Phi) is 3.14. The van der Waals surface area contributed by atoms with Gasteiger partial charge in [0.05, 0.1) is 4.92 Å². The van der Waals surface area contributed by atoms with Crippen molar-refractivity contribution in [1.29, 1.82) is 0 Å². The van der Waals surface area contributed by atoms with Crippen molar-refractivity contribution < 1.29 is 4.92 Å². The third kappa shape index (κ3) is 2.18. The van der Waals surface area contributed by atoms with Crippen LogP contribution in [0.1, 0.15) is 18.4 Å². The molecule has 0 saturated carbocycles. The molecule has 0 aromatic heterocycles. The molecule has 0 radical (unpaired) electrons. The van der Waals surface area contributed by atoms with Crippen LogP contribution in [0.3, 0.4) is 0 Å². The predicted octanol–water partition coefficient (Wildman–Crippen LogP) is 2.09. The van der Waals surface area contributed by atoms with E-state index in [9.17, 15) is 10.1 Å². The Labute approximate surface area is 112 Å². The van der Waals surface area contributed by atoms with Gasteiger partial charge in [0.25, 0.3) is 5.69 Å². The van der Waals surface area contributed by atoms with E-state index in [1.54, 1.807) is 12.1 Å². The molecule has 1 N–H and O–H groups in total. The van der Waals surface area contributed by atoms with Crippen molar-refractivity contribution >= 4 is 11.4 Å². The molecule has 2 unspecified atom stereocenters. The van der Waals surface area contributed by atoms with Gasteiger partial charge in [-0.3, -0.25) is 10.1 Å². The second-order valence-electron chi connectivity index (χ2n) is 5.57. The molecular weight excluding hydrogens is 242 g/mol. The summed E-state index contributed by atoms with van der Waals surface area (Å²) in [5, 5.41) is 14.7. The van der Waals surface area contributed by atoms with E-state index >= 15 is 0 Å². The lowest BCUT2D eigenvalue weighted by atomic mass is 9.94. The number of hydrogen-bond acceptors (Lipinski definition) is 4. The Hall–Kier alpha value is -1.62. The number of rotatable bonds is 2. The molecule has 0 bridgehead atoms. The van der Waals surface area contributed by atoms with Crippen molar-refractivity contribution in [3.8, 4) is 0 Å². The van der Waals surface area contributed by atoms with Gasteiger partial charge in [0.2, 0.25) is 0 Å². The van der Waals surface area contributed by atoms with Crippen molar-refractivity contribution in [3.63, 3.8) is 0 Å². The molecule has 1 aromatic carbocycles. The predicted molar refractivity (Wildman–Crippen MR) is 74.6 cm³/mol. The number of fused-ring (bicyclic) bond motifs is 1. The summed E-state index contributed by atoms with van der Waals surface area (Å²) in [7, 11) is 0.